The molecule has 2 aromatic heterocycles. The smallest absolute Gasteiger partial charge is 0.254 e. The number of hydrogen-bond donors (Lipinski definition) is 2. The zero-order valence-electron chi connectivity index (χ0n) is 16.8. The summed E-state index contributed by atoms with van der Waals surface area (Å²) in [6.07, 6.45) is 3.74. The summed E-state index contributed by atoms with van der Waals surface area (Å²) in [7, 11) is -3.13. The highest BCUT2D eigenvalue weighted by molar-refractivity contribution is 7.91. The Bertz CT molecular complexity index is 1220. The van der Waals surface area contributed by atoms with Crippen LogP contribution in [0.1, 0.15) is 38.3 Å². The van der Waals surface area contributed by atoms with Crippen molar-refractivity contribution < 1.29 is 13.2 Å². The molecule has 0 bridgehead atoms. The van der Waals surface area contributed by atoms with Crippen molar-refractivity contribution in [1.29, 1.82) is 0 Å². The van der Waals surface area contributed by atoms with Crippen LogP contribution in [-0.4, -0.2) is 34.8 Å². The summed E-state index contributed by atoms with van der Waals surface area (Å²) >= 11 is 0. The van der Waals surface area contributed by atoms with Crippen molar-refractivity contribution in [2.24, 2.45) is 0 Å². The van der Waals surface area contributed by atoms with E-state index in [9.17, 15) is 13.2 Å². The molecule has 0 radical (unpaired) electrons. The van der Waals surface area contributed by atoms with E-state index in [-0.39, 0.29) is 11.7 Å². The molecule has 0 atom stereocenters. The Morgan fingerprint density at radius 3 is 2.83 bits per heavy atom. The van der Waals surface area contributed by atoms with Gasteiger partial charge in [-0.3, -0.25) is 9.48 Å². The van der Waals surface area contributed by atoms with Crippen molar-refractivity contribution in [2.75, 3.05) is 11.5 Å². The van der Waals surface area contributed by atoms with Crippen LogP contribution in [0.25, 0.3) is 0 Å². The van der Waals surface area contributed by atoms with E-state index >= 15 is 0 Å². The first-order valence-corrected chi connectivity index (χ1v) is 11.3. The highest BCUT2D eigenvalue weighted by atomic mass is 32.2. The van der Waals surface area contributed by atoms with Crippen molar-refractivity contribution in [1.82, 2.24) is 20.1 Å². The molecule has 1 aliphatic rings. The summed E-state index contributed by atoms with van der Waals surface area (Å²) in [5, 5.41) is 7.16. The van der Waals surface area contributed by atoms with E-state index in [4.69, 9.17) is 5.73 Å². The predicted molar refractivity (Wildman–Crippen MR) is 113 cm³/mol. The number of carbonyl (C=O) groups is 1. The number of rotatable bonds is 5. The molecule has 3 aromatic rings. The van der Waals surface area contributed by atoms with Crippen molar-refractivity contribution in [3.8, 4) is 0 Å². The van der Waals surface area contributed by atoms with E-state index in [0.29, 0.717) is 35.8 Å². The van der Waals surface area contributed by atoms with E-state index < -0.39 is 9.84 Å². The Morgan fingerprint density at radius 1 is 1.27 bits per heavy atom. The molecule has 0 saturated heterocycles. The molecule has 1 aromatic carbocycles. The van der Waals surface area contributed by atoms with Gasteiger partial charge in [0.1, 0.15) is 5.82 Å². The summed E-state index contributed by atoms with van der Waals surface area (Å²) in [6.45, 7) is 4.62. The van der Waals surface area contributed by atoms with Crippen LogP contribution in [0.4, 0.5) is 5.82 Å². The number of nitrogen functional groups attached to an aromatic ring is 1. The number of benzene rings is 1. The molecule has 0 spiro atoms. The number of nitrogens with zero attached hydrogens (tertiary/aromatic N) is 3. The number of aromatic nitrogens is 3. The Kier molecular flexibility index (Phi) is 5.07. The zero-order chi connectivity index (χ0) is 21.5. The van der Waals surface area contributed by atoms with Crippen LogP contribution in [0.5, 0.6) is 0 Å². The monoisotopic (exact) mass is 425 g/mol. The Labute approximate surface area is 175 Å². The molecule has 4 rings (SSSR count). The average molecular weight is 426 g/mol. The summed E-state index contributed by atoms with van der Waals surface area (Å²) in [5.41, 5.74) is 10.7. The maximum absolute atomic E-state index is 12.5. The van der Waals surface area contributed by atoms with Gasteiger partial charge in [-0.25, -0.2) is 13.4 Å². The number of hydrogen-bond acceptors (Lipinski definition) is 6. The second-order valence-corrected chi connectivity index (χ2v) is 9.63. The third-order valence-corrected chi connectivity index (χ3v) is 7.15. The number of nitrogens with two attached hydrogens (primary N) is 1. The Morgan fingerprint density at radius 2 is 2.07 bits per heavy atom. The molecule has 0 saturated carbocycles. The van der Waals surface area contributed by atoms with Gasteiger partial charge in [-0.15, -0.1) is 0 Å². The van der Waals surface area contributed by atoms with Crippen LogP contribution in [0.2, 0.25) is 0 Å². The normalized spacial score (nSPS) is 14.5. The van der Waals surface area contributed by atoms with Crippen LogP contribution in [-0.2, 0) is 29.3 Å². The molecular formula is C21H23N5O3S. The number of pyridine rings is 1. The lowest BCUT2D eigenvalue weighted by Crippen LogP contribution is -2.23. The van der Waals surface area contributed by atoms with Gasteiger partial charge in [0.25, 0.3) is 5.91 Å². The molecule has 0 unspecified atom stereocenters. The quantitative estimate of drug-likeness (QED) is 0.643. The van der Waals surface area contributed by atoms with E-state index in [0.717, 1.165) is 27.9 Å². The maximum Gasteiger partial charge on any atom is 0.254 e. The van der Waals surface area contributed by atoms with E-state index in [1.807, 2.05) is 19.9 Å². The molecule has 3 heterocycles. The number of fused-ring (bicyclic) bond motifs is 1. The molecule has 1 aliphatic heterocycles. The summed E-state index contributed by atoms with van der Waals surface area (Å²) in [5.74, 6) is 0.405. The Balaban J connectivity index is 1.43. The Hall–Kier alpha value is -3.20. The van der Waals surface area contributed by atoms with Crippen molar-refractivity contribution in [2.45, 2.75) is 38.3 Å². The maximum atomic E-state index is 12.5. The fraction of sp³-hybridized carbons (Fsp3) is 0.286. The standard InChI is InChI=1S/C21H23N5O3S/c1-13-7-20(22)25-14(2)18(13)10-23-21(27)17-9-24-26(12-17)11-15-3-4-19-16(8-15)5-6-30(19,28)29/h3-4,7-9,12H,5-6,10-11H2,1-2H3,(H2,22,25)(H,23,27). The van der Waals surface area contributed by atoms with Gasteiger partial charge in [0.05, 0.1) is 29.0 Å². The predicted octanol–water partition coefficient (Wildman–Crippen LogP) is 1.79. The molecule has 1 amide bonds. The van der Waals surface area contributed by atoms with Crippen LogP contribution in [0.3, 0.4) is 0 Å². The third-order valence-electron chi connectivity index (χ3n) is 5.34. The largest absolute Gasteiger partial charge is 0.384 e. The van der Waals surface area contributed by atoms with Gasteiger partial charge in [0.2, 0.25) is 0 Å². The van der Waals surface area contributed by atoms with Crippen LogP contribution in [0.15, 0.2) is 41.6 Å². The lowest BCUT2D eigenvalue weighted by molar-refractivity contribution is 0.0950. The van der Waals surface area contributed by atoms with Crippen LogP contribution in [0, 0.1) is 13.8 Å². The molecule has 3 N–H and O–H groups in total. The van der Waals surface area contributed by atoms with Crippen molar-refractivity contribution in [3.05, 3.63) is 70.2 Å². The minimum Gasteiger partial charge on any atom is -0.384 e. The average Bonchev–Trinajstić information content (AvgIpc) is 3.25. The van der Waals surface area contributed by atoms with Gasteiger partial charge < -0.3 is 11.1 Å². The number of sulfone groups is 1. The topological polar surface area (TPSA) is 120 Å². The van der Waals surface area contributed by atoms with Gasteiger partial charge >= 0.3 is 0 Å². The molecule has 30 heavy (non-hydrogen) atoms. The number of aryl methyl sites for hydroxylation is 3. The van der Waals surface area contributed by atoms with Crippen LogP contribution >= 0.6 is 0 Å². The first kappa shape index (κ1) is 20.1. The summed E-state index contributed by atoms with van der Waals surface area (Å²) in [6, 6.07) is 7.15. The second-order valence-electron chi connectivity index (χ2n) is 7.55. The van der Waals surface area contributed by atoms with E-state index in [1.165, 1.54) is 6.20 Å². The minimum atomic E-state index is -3.13. The lowest BCUT2D eigenvalue weighted by Gasteiger charge is -2.11. The van der Waals surface area contributed by atoms with Crippen molar-refractivity contribution in [3.63, 3.8) is 0 Å². The van der Waals surface area contributed by atoms with Gasteiger partial charge in [0.15, 0.2) is 9.84 Å². The van der Waals surface area contributed by atoms with Gasteiger partial charge in [-0.1, -0.05) is 12.1 Å². The van der Waals surface area contributed by atoms with Gasteiger partial charge in [0, 0.05) is 18.4 Å². The number of anilines is 1. The fourth-order valence-electron chi connectivity index (χ4n) is 3.76. The molecule has 0 aliphatic carbocycles. The molecule has 156 valence electrons. The van der Waals surface area contributed by atoms with Gasteiger partial charge in [-0.2, -0.15) is 5.10 Å². The number of carbonyl (C=O) groups excluding carboxylic acids is 1. The lowest BCUT2D eigenvalue weighted by atomic mass is 10.1. The third kappa shape index (κ3) is 3.93. The molecule has 9 heteroatoms. The molecular weight excluding hydrogens is 402 g/mol. The zero-order valence-corrected chi connectivity index (χ0v) is 17.7. The first-order valence-electron chi connectivity index (χ1n) is 9.61. The fourth-order valence-corrected chi connectivity index (χ4v) is 5.31. The minimum absolute atomic E-state index is 0.167. The highest BCUT2D eigenvalue weighted by Crippen LogP contribution is 2.26. The van der Waals surface area contributed by atoms with Gasteiger partial charge in [-0.05, 0) is 54.7 Å². The second kappa shape index (κ2) is 7.56. The first-order chi connectivity index (χ1) is 14.2. The van der Waals surface area contributed by atoms with Crippen molar-refractivity contribution >= 4 is 21.6 Å². The molecule has 8 nitrogen and oxygen atoms in total. The highest BCUT2D eigenvalue weighted by Gasteiger charge is 2.26. The number of amides is 1. The number of nitrogens with one attached hydrogen (secondary N) is 1. The molecule has 0 fully saturated rings. The summed E-state index contributed by atoms with van der Waals surface area (Å²) in [4.78, 5) is 17.2. The SMILES string of the molecule is Cc1cc(N)nc(C)c1CNC(=O)c1cnn(Cc2ccc3c(c2)CCS3(=O)=O)c1. The van der Waals surface area contributed by atoms with Crippen LogP contribution < -0.4 is 11.1 Å². The van der Waals surface area contributed by atoms with E-state index in [1.54, 1.807) is 29.1 Å². The summed E-state index contributed by atoms with van der Waals surface area (Å²) < 4.78 is 25.6. The van der Waals surface area contributed by atoms with E-state index in [2.05, 4.69) is 15.4 Å².